The first-order chi connectivity index (χ1) is 20.7. The van der Waals surface area contributed by atoms with Gasteiger partial charge in [0.1, 0.15) is 12.6 Å². The van der Waals surface area contributed by atoms with Gasteiger partial charge in [-0.25, -0.2) is 0 Å². The molecule has 43 heavy (non-hydrogen) atoms. The number of anilines is 2. The zero-order chi connectivity index (χ0) is 30.1. The highest BCUT2D eigenvalue weighted by Gasteiger charge is 2.39. The number of pyridine rings is 1. The van der Waals surface area contributed by atoms with E-state index < -0.39 is 24.1 Å². The molecule has 2 amide bonds. The molecule has 220 valence electrons. The maximum atomic E-state index is 14.7. The molecular formula is C35H36N4O4. The molecule has 0 fully saturated rings. The summed E-state index contributed by atoms with van der Waals surface area (Å²) in [6.07, 6.45) is 2.89. The van der Waals surface area contributed by atoms with Crippen LogP contribution in [0.2, 0.25) is 0 Å². The molecule has 3 aromatic carbocycles. The van der Waals surface area contributed by atoms with Crippen LogP contribution < -0.4 is 20.3 Å². The van der Waals surface area contributed by atoms with Crippen molar-refractivity contribution < 1.29 is 19.4 Å². The first-order valence-electron chi connectivity index (χ1n) is 14.6. The number of hydrogen-bond acceptors (Lipinski definition) is 6. The predicted molar refractivity (Wildman–Crippen MR) is 166 cm³/mol. The lowest BCUT2D eigenvalue weighted by Gasteiger charge is -2.34. The van der Waals surface area contributed by atoms with E-state index in [4.69, 9.17) is 4.74 Å². The van der Waals surface area contributed by atoms with Crippen molar-refractivity contribution in [3.63, 3.8) is 0 Å². The number of rotatable bonds is 6. The van der Waals surface area contributed by atoms with Crippen molar-refractivity contribution in [2.24, 2.45) is 0 Å². The van der Waals surface area contributed by atoms with Gasteiger partial charge in [0.15, 0.2) is 5.75 Å². The SMILES string of the molecule is CC(C)(C)c1ccc(N(C(=O)c2cccc3c2OCCN3)C(C(=O)N[C@H]2c3ccccc3C[C@@H]2O)c2cccnc2)cc1. The third-order valence-electron chi connectivity index (χ3n) is 8.15. The molecule has 2 heterocycles. The van der Waals surface area contributed by atoms with Crippen molar-refractivity contribution in [3.05, 3.63) is 119 Å². The number of fused-ring (bicyclic) bond motifs is 2. The summed E-state index contributed by atoms with van der Waals surface area (Å²) in [5.41, 5.74) is 5.03. The van der Waals surface area contributed by atoms with Crippen LogP contribution in [0.5, 0.6) is 5.75 Å². The first kappa shape index (κ1) is 28.4. The van der Waals surface area contributed by atoms with Crippen molar-refractivity contribution in [1.29, 1.82) is 0 Å². The summed E-state index contributed by atoms with van der Waals surface area (Å²) in [5.74, 6) is -0.355. The number of para-hydroxylation sites is 1. The lowest BCUT2D eigenvalue weighted by atomic mass is 9.87. The zero-order valence-corrected chi connectivity index (χ0v) is 24.6. The van der Waals surface area contributed by atoms with Gasteiger partial charge in [-0.3, -0.25) is 19.5 Å². The summed E-state index contributed by atoms with van der Waals surface area (Å²) >= 11 is 0. The van der Waals surface area contributed by atoms with Gasteiger partial charge < -0.3 is 20.5 Å². The smallest absolute Gasteiger partial charge is 0.263 e. The number of aliphatic hydroxyl groups is 1. The average Bonchev–Trinajstić information content (AvgIpc) is 3.33. The van der Waals surface area contributed by atoms with E-state index >= 15 is 0 Å². The van der Waals surface area contributed by atoms with Crippen molar-refractivity contribution in [2.45, 2.75) is 50.8 Å². The molecule has 0 saturated carbocycles. The van der Waals surface area contributed by atoms with Gasteiger partial charge in [0.2, 0.25) is 5.91 Å². The van der Waals surface area contributed by atoms with Gasteiger partial charge in [0.25, 0.3) is 5.91 Å². The molecule has 1 aromatic heterocycles. The number of aliphatic hydroxyl groups excluding tert-OH is 1. The van der Waals surface area contributed by atoms with Crippen molar-refractivity contribution >= 4 is 23.2 Å². The second kappa shape index (κ2) is 11.5. The Bertz CT molecular complexity index is 1630. The fraction of sp³-hybridized carbons (Fsp3) is 0.286. The molecular weight excluding hydrogens is 540 g/mol. The van der Waals surface area contributed by atoms with Gasteiger partial charge in [0.05, 0.1) is 23.4 Å². The van der Waals surface area contributed by atoms with Crippen molar-refractivity contribution in [1.82, 2.24) is 10.3 Å². The third-order valence-corrected chi connectivity index (χ3v) is 8.15. The normalized spacial score (nSPS) is 18.0. The number of carbonyl (C=O) groups is 2. The van der Waals surface area contributed by atoms with Crippen LogP contribution in [0, 0.1) is 0 Å². The number of hydrogen-bond donors (Lipinski definition) is 3. The highest BCUT2D eigenvalue weighted by molar-refractivity contribution is 6.12. The van der Waals surface area contributed by atoms with E-state index in [2.05, 4.69) is 36.4 Å². The van der Waals surface area contributed by atoms with E-state index in [0.717, 1.165) is 22.4 Å². The molecule has 6 rings (SSSR count). The molecule has 4 aromatic rings. The Morgan fingerprint density at radius 3 is 2.56 bits per heavy atom. The van der Waals surface area contributed by atoms with E-state index in [1.165, 1.54) is 4.90 Å². The van der Waals surface area contributed by atoms with Crippen molar-refractivity contribution in [2.75, 3.05) is 23.4 Å². The van der Waals surface area contributed by atoms with Gasteiger partial charge in [-0.05, 0) is 52.4 Å². The Balaban J connectivity index is 1.47. The minimum atomic E-state index is -1.09. The second-order valence-electron chi connectivity index (χ2n) is 12.1. The van der Waals surface area contributed by atoms with Crippen LogP contribution in [0.1, 0.15) is 65.5 Å². The Labute approximate surface area is 251 Å². The van der Waals surface area contributed by atoms with E-state index in [1.807, 2.05) is 54.6 Å². The molecule has 8 nitrogen and oxygen atoms in total. The van der Waals surface area contributed by atoms with Gasteiger partial charge >= 0.3 is 0 Å². The lowest BCUT2D eigenvalue weighted by Crippen LogP contribution is -2.46. The number of carbonyl (C=O) groups excluding carboxylic acids is 2. The van der Waals surface area contributed by atoms with E-state index in [9.17, 15) is 14.7 Å². The summed E-state index contributed by atoms with van der Waals surface area (Å²) < 4.78 is 5.98. The van der Waals surface area contributed by atoms with Crippen LogP contribution in [0.3, 0.4) is 0 Å². The van der Waals surface area contributed by atoms with Crippen LogP contribution in [0.15, 0.2) is 91.3 Å². The summed E-state index contributed by atoms with van der Waals surface area (Å²) in [6, 6.07) is 22.7. The molecule has 1 aliphatic carbocycles. The predicted octanol–water partition coefficient (Wildman–Crippen LogP) is 5.35. The largest absolute Gasteiger partial charge is 0.489 e. The van der Waals surface area contributed by atoms with Gasteiger partial charge in [-0.15, -0.1) is 0 Å². The number of ether oxygens (including phenoxy) is 1. The van der Waals surface area contributed by atoms with E-state index in [0.29, 0.717) is 42.1 Å². The maximum Gasteiger partial charge on any atom is 0.263 e. The van der Waals surface area contributed by atoms with Gasteiger partial charge in [-0.2, -0.15) is 0 Å². The minimum absolute atomic E-state index is 0.0997. The topological polar surface area (TPSA) is 104 Å². The minimum Gasteiger partial charge on any atom is -0.489 e. The van der Waals surface area contributed by atoms with Crippen LogP contribution >= 0.6 is 0 Å². The molecule has 1 aliphatic heterocycles. The van der Waals surface area contributed by atoms with Crippen LogP contribution in [0.4, 0.5) is 11.4 Å². The van der Waals surface area contributed by atoms with Crippen LogP contribution in [-0.2, 0) is 16.6 Å². The Hall–Kier alpha value is -4.69. The first-order valence-corrected chi connectivity index (χ1v) is 14.6. The number of nitrogens with zero attached hydrogens (tertiary/aromatic N) is 2. The Morgan fingerprint density at radius 1 is 1.02 bits per heavy atom. The summed E-state index contributed by atoms with van der Waals surface area (Å²) in [5, 5.41) is 17.3. The van der Waals surface area contributed by atoms with E-state index in [1.54, 1.807) is 36.7 Å². The third kappa shape index (κ3) is 5.58. The molecule has 3 atom stereocenters. The quantitative estimate of drug-likeness (QED) is 0.286. The standard InChI is InChI=1S/C35H36N4O4/c1-35(2,3)24-13-15-25(16-14-24)39(34(42)27-11-6-12-28-32(27)43-19-18-37-28)31(23-9-7-17-36-21-23)33(41)38-30-26-10-5-4-8-22(26)20-29(30)40/h4-17,21,29-31,37,40H,18-20H2,1-3H3,(H,38,41)/t29-,30-,31?/m0/s1. The van der Waals surface area contributed by atoms with Gasteiger partial charge in [-0.1, -0.05) is 69.3 Å². The second-order valence-corrected chi connectivity index (χ2v) is 12.1. The highest BCUT2D eigenvalue weighted by Crippen LogP contribution is 2.38. The summed E-state index contributed by atoms with van der Waals surface area (Å²) in [6.45, 7) is 7.43. The van der Waals surface area contributed by atoms with Gasteiger partial charge in [0, 0.05) is 36.6 Å². The number of aromatic nitrogens is 1. The van der Waals surface area contributed by atoms with Crippen LogP contribution in [0.25, 0.3) is 0 Å². The Kier molecular flexibility index (Phi) is 7.62. The molecule has 1 unspecified atom stereocenters. The van der Waals surface area contributed by atoms with Crippen LogP contribution in [-0.4, -0.2) is 41.2 Å². The lowest BCUT2D eigenvalue weighted by molar-refractivity contribution is -0.124. The zero-order valence-electron chi connectivity index (χ0n) is 24.6. The number of nitrogens with one attached hydrogen (secondary N) is 2. The number of amides is 2. The summed E-state index contributed by atoms with van der Waals surface area (Å²) in [7, 11) is 0. The molecule has 0 spiro atoms. The number of benzene rings is 3. The molecule has 0 saturated heterocycles. The summed E-state index contributed by atoms with van der Waals surface area (Å²) in [4.78, 5) is 34.9. The highest BCUT2D eigenvalue weighted by atomic mass is 16.5. The maximum absolute atomic E-state index is 14.7. The monoisotopic (exact) mass is 576 g/mol. The Morgan fingerprint density at radius 2 is 1.81 bits per heavy atom. The van der Waals surface area contributed by atoms with Crippen molar-refractivity contribution in [3.8, 4) is 5.75 Å². The molecule has 3 N–H and O–H groups in total. The average molecular weight is 577 g/mol. The fourth-order valence-electron chi connectivity index (χ4n) is 5.91. The fourth-order valence-corrected chi connectivity index (χ4v) is 5.91. The molecule has 0 radical (unpaired) electrons. The molecule has 2 aliphatic rings. The molecule has 8 heteroatoms. The molecule has 0 bridgehead atoms. The van der Waals surface area contributed by atoms with E-state index in [-0.39, 0.29) is 11.3 Å².